The van der Waals surface area contributed by atoms with Gasteiger partial charge in [-0.15, -0.1) is 11.8 Å². The molecule has 1 aliphatic heterocycles. The van der Waals surface area contributed by atoms with Gasteiger partial charge >= 0.3 is 5.97 Å². The minimum Gasteiger partial charge on any atom is -0.480 e. The number of benzene rings is 1. The highest BCUT2D eigenvalue weighted by atomic mass is 32.2. The van der Waals surface area contributed by atoms with Gasteiger partial charge in [0.15, 0.2) is 6.10 Å². The van der Waals surface area contributed by atoms with Gasteiger partial charge in [0, 0.05) is 16.7 Å². The fourth-order valence-electron chi connectivity index (χ4n) is 2.25. The average Bonchev–Trinajstić information content (AvgIpc) is 3.28. The Hall–Kier alpha value is -1.69. The maximum Gasteiger partial charge on any atom is 0.323 e. The van der Waals surface area contributed by atoms with E-state index in [-0.39, 0.29) is 18.5 Å². The third-order valence-corrected chi connectivity index (χ3v) is 4.48. The fourth-order valence-corrected chi connectivity index (χ4v) is 3.22. The summed E-state index contributed by atoms with van der Waals surface area (Å²) < 4.78 is 5.73. The predicted molar refractivity (Wildman–Crippen MR) is 74.0 cm³/mol. The van der Waals surface area contributed by atoms with Crippen LogP contribution in [-0.4, -0.2) is 46.3 Å². The first-order valence-corrected chi connectivity index (χ1v) is 7.54. The molecule has 1 saturated carbocycles. The molecule has 1 N–H and O–H groups in total. The number of thioether (sulfide) groups is 1. The molecule has 3 rings (SSSR count). The summed E-state index contributed by atoms with van der Waals surface area (Å²) in [6, 6.07) is 7.65. The molecule has 0 saturated heterocycles. The van der Waals surface area contributed by atoms with Crippen molar-refractivity contribution in [1.29, 1.82) is 0 Å². The van der Waals surface area contributed by atoms with Gasteiger partial charge in [-0.05, 0) is 25.0 Å². The molecule has 106 valence electrons. The minimum absolute atomic E-state index is 0.0735. The zero-order valence-electron chi connectivity index (χ0n) is 10.8. The normalized spacial score (nSPS) is 20.7. The molecule has 5 nitrogen and oxygen atoms in total. The Morgan fingerprint density at radius 3 is 2.80 bits per heavy atom. The third-order valence-electron chi connectivity index (χ3n) is 3.36. The Morgan fingerprint density at radius 2 is 2.10 bits per heavy atom. The van der Waals surface area contributed by atoms with Crippen LogP contribution in [0.1, 0.15) is 12.8 Å². The molecule has 1 fully saturated rings. The molecule has 2 aliphatic rings. The first-order valence-electron chi connectivity index (χ1n) is 6.56. The van der Waals surface area contributed by atoms with Crippen LogP contribution < -0.4 is 4.74 Å². The maximum atomic E-state index is 12.4. The van der Waals surface area contributed by atoms with Gasteiger partial charge in [-0.25, -0.2) is 0 Å². The van der Waals surface area contributed by atoms with E-state index < -0.39 is 12.1 Å². The highest BCUT2D eigenvalue weighted by Gasteiger charge is 2.39. The molecule has 6 heteroatoms. The zero-order valence-corrected chi connectivity index (χ0v) is 11.6. The van der Waals surface area contributed by atoms with E-state index in [9.17, 15) is 9.59 Å². The monoisotopic (exact) mass is 293 g/mol. The number of carbonyl (C=O) groups excluding carboxylic acids is 1. The topological polar surface area (TPSA) is 66.8 Å². The Morgan fingerprint density at radius 1 is 1.35 bits per heavy atom. The summed E-state index contributed by atoms with van der Waals surface area (Å²) in [5.41, 5.74) is 0. The molecular weight excluding hydrogens is 278 g/mol. The molecule has 1 unspecified atom stereocenters. The van der Waals surface area contributed by atoms with Gasteiger partial charge in [0.25, 0.3) is 5.91 Å². The second-order valence-corrected chi connectivity index (χ2v) is 6.02. The lowest BCUT2D eigenvalue weighted by Gasteiger charge is -2.29. The van der Waals surface area contributed by atoms with Gasteiger partial charge < -0.3 is 14.7 Å². The van der Waals surface area contributed by atoms with E-state index in [1.807, 2.05) is 24.3 Å². The number of carboxylic acid groups (broad SMARTS) is 1. The van der Waals surface area contributed by atoms with Crippen LogP contribution in [0.4, 0.5) is 0 Å². The van der Waals surface area contributed by atoms with Gasteiger partial charge in [-0.2, -0.15) is 0 Å². The van der Waals surface area contributed by atoms with E-state index in [2.05, 4.69) is 0 Å². The van der Waals surface area contributed by atoms with Crippen molar-refractivity contribution < 1.29 is 19.4 Å². The Balaban J connectivity index is 1.72. The summed E-state index contributed by atoms with van der Waals surface area (Å²) in [5, 5.41) is 8.93. The Labute approximate surface area is 120 Å². The summed E-state index contributed by atoms with van der Waals surface area (Å²) in [5.74, 6) is 0.0396. The number of carboxylic acids is 1. The lowest BCUT2D eigenvalue weighted by atomic mass is 10.3. The molecule has 0 spiro atoms. The number of carbonyl (C=O) groups is 2. The molecule has 1 aromatic carbocycles. The molecule has 20 heavy (non-hydrogen) atoms. The fraction of sp³-hybridized carbons (Fsp3) is 0.429. The van der Waals surface area contributed by atoms with Crippen LogP contribution in [0.3, 0.4) is 0 Å². The highest BCUT2D eigenvalue weighted by molar-refractivity contribution is 7.99. The van der Waals surface area contributed by atoms with E-state index >= 15 is 0 Å². The zero-order chi connectivity index (χ0) is 14.1. The number of hydrogen-bond donors (Lipinski definition) is 1. The summed E-state index contributed by atoms with van der Waals surface area (Å²) in [6.07, 6.45) is 1.18. The van der Waals surface area contributed by atoms with Crippen LogP contribution in [0.5, 0.6) is 5.75 Å². The number of ether oxygens (including phenoxy) is 1. The van der Waals surface area contributed by atoms with Crippen LogP contribution in [-0.2, 0) is 9.59 Å². The summed E-state index contributed by atoms with van der Waals surface area (Å²) in [7, 11) is 0. The van der Waals surface area contributed by atoms with E-state index in [4.69, 9.17) is 9.84 Å². The second kappa shape index (κ2) is 5.36. The van der Waals surface area contributed by atoms with Crippen LogP contribution in [0, 0.1) is 0 Å². The van der Waals surface area contributed by atoms with Crippen molar-refractivity contribution in [2.24, 2.45) is 0 Å². The third kappa shape index (κ3) is 2.75. The van der Waals surface area contributed by atoms with Crippen LogP contribution in [0.15, 0.2) is 29.2 Å². The van der Waals surface area contributed by atoms with Crippen molar-refractivity contribution in [1.82, 2.24) is 4.90 Å². The number of aliphatic carboxylic acids is 1. The van der Waals surface area contributed by atoms with Crippen LogP contribution in [0.25, 0.3) is 0 Å². The lowest BCUT2D eigenvalue weighted by molar-refractivity contribution is -0.148. The Bertz CT molecular complexity index is 544. The lowest BCUT2D eigenvalue weighted by Crippen LogP contribution is -2.47. The molecule has 1 aromatic rings. The molecule has 1 amide bonds. The molecule has 1 atom stereocenters. The van der Waals surface area contributed by atoms with E-state index in [1.165, 1.54) is 4.90 Å². The first kappa shape index (κ1) is 13.3. The van der Waals surface area contributed by atoms with Crippen molar-refractivity contribution in [3.8, 4) is 5.75 Å². The van der Waals surface area contributed by atoms with Crippen LogP contribution >= 0.6 is 11.8 Å². The second-order valence-electron chi connectivity index (χ2n) is 4.96. The van der Waals surface area contributed by atoms with Crippen molar-refractivity contribution in [2.45, 2.75) is 29.9 Å². The van der Waals surface area contributed by atoms with Gasteiger partial charge in [0.1, 0.15) is 12.3 Å². The average molecular weight is 293 g/mol. The molecule has 1 heterocycles. The maximum absolute atomic E-state index is 12.4. The summed E-state index contributed by atoms with van der Waals surface area (Å²) in [6.45, 7) is -0.240. The molecule has 0 radical (unpaired) electrons. The Kier molecular flexibility index (Phi) is 3.56. The molecule has 0 bridgehead atoms. The number of hydrogen-bond acceptors (Lipinski definition) is 4. The van der Waals surface area contributed by atoms with Gasteiger partial charge in [-0.3, -0.25) is 9.59 Å². The SMILES string of the molecule is O=C(O)CN(C(=O)C1CSc2ccccc2O1)C1CC1. The number of rotatable bonds is 4. The minimum atomic E-state index is -0.978. The number of para-hydroxylation sites is 1. The smallest absolute Gasteiger partial charge is 0.323 e. The largest absolute Gasteiger partial charge is 0.480 e. The van der Waals surface area contributed by atoms with E-state index in [0.717, 1.165) is 17.7 Å². The van der Waals surface area contributed by atoms with Crippen molar-refractivity contribution in [3.63, 3.8) is 0 Å². The van der Waals surface area contributed by atoms with Crippen molar-refractivity contribution in [2.75, 3.05) is 12.3 Å². The standard InChI is InChI=1S/C14H15NO4S/c16-13(17)7-15(9-5-6-9)14(18)11-8-20-12-4-2-1-3-10(12)19-11/h1-4,9,11H,5-8H2,(H,16,17). The quantitative estimate of drug-likeness (QED) is 0.913. The number of nitrogens with zero attached hydrogens (tertiary/aromatic N) is 1. The van der Waals surface area contributed by atoms with Gasteiger partial charge in [0.2, 0.25) is 0 Å². The van der Waals surface area contributed by atoms with Crippen molar-refractivity contribution in [3.05, 3.63) is 24.3 Å². The first-order chi connectivity index (χ1) is 9.65. The summed E-state index contributed by atoms with van der Waals surface area (Å²) >= 11 is 1.57. The van der Waals surface area contributed by atoms with Gasteiger partial charge in [0.05, 0.1) is 0 Å². The number of fused-ring (bicyclic) bond motifs is 1. The van der Waals surface area contributed by atoms with Crippen molar-refractivity contribution >= 4 is 23.6 Å². The van der Waals surface area contributed by atoms with E-state index in [1.54, 1.807) is 11.8 Å². The predicted octanol–water partition coefficient (Wildman–Crippen LogP) is 1.62. The highest BCUT2D eigenvalue weighted by Crippen LogP contribution is 2.36. The van der Waals surface area contributed by atoms with Crippen LogP contribution in [0.2, 0.25) is 0 Å². The van der Waals surface area contributed by atoms with E-state index in [0.29, 0.717) is 11.5 Å². The summed E-state index contributed by atoms with van der Waals surface area (Å²) in [4.78, 5) is 25.8. The molecular formula is C14H15NO4S. The molecule has 1 aliphatic carbocycles. The molecule has 0 aromatic heterocycles. The van der Waals surface area contributed by atoms with Gasteiger partial charge in [-0.1, -0.05) is 12.1 Å². The number of amides is 1.